The van der Waals surface area contributed by atoms with Crippen LogP contribution in [0.4, 0.5) is 4.79 Å². The number of amides is 2. The van der Waals surface area contributed by atoms with E-state index in [2.05, 4.69) is 20.7 Å². The number of aryl methyl sites for hydroxylation is 1. The van der Waals surface area contributed by atoms with E-state index in [0.29, 0.717) is 30.7 Å². The average molecular weight is 389 g/mol. The van der Waals surface area contributed by atoms with E-state index in [1.54, 1.807) is 6.92 Å². The van der Waals surface area contributed by atoms with E-state index in [4.69, 9.17) is 4.74 Å². The molecule has 0 unspecified atom stereocenters. The van der Waals surface area contributed by atoms with E-state index in [-0.39, 0.29) is 25.2 Å². The molecule has 0 aliphatic carbocycles. The SMILES string of the molecule is CCOC(=O)C1=C(CNCCCC(=O)OC)NC(=O)N[C@H]1c1ccc(C)cc1. The number of carbonyl (C=O) groups is 3. The molecule has 0 saturated heterocycles. The van der Waals surface area contributed by atoms with Crippen LogP contribution in [-0.4, -0.2) is 44.8 Å². The van der Waals surface area contributed by atoms with Crippen LogP contribution < -0.4 is 16.0 Å². The largest absolute Gasteiger partial charge is 0.469 e. The smallest absolute Gasteiger partial charge is 0.338 e. The Hall–Kier alpha value is -2.87. The van der Waals surface area contributed by atoms with Gasteiger partial charge in [0.1, 0.15) is 0 Å². The van der Waals surface area contributed by atoms with E-state index < -0.39 is 12.0 Å². The van der Waals surface area contributed by atoms with Crippen molar-refractivity contribution in [2.45, 2.75) is 32.7 Å². The molecular formula is C20H27N3O5. The summed E-state index contributed by atoms with van der Waals surface area (Å²) in [7, 11) is 1.35. The second-order valence-electron chi connectivity index (χ2n) is 6.41. The van der Waals surface area contributed by atoms with Crippen LogP contribution in [0.3, 0.4) is 0 Å². The monoisotopic (exact) mass is 389 g/mol. The third-order valence-electron chi connectivity index (χ3n) is 4.32. The van der Waals surface area contributed by atoms with Crippen LogP contribution in [0.5, 0.6) is 0 Å². The summed E-state index contributed by atoms with van der Waals surface area (Å²) in [6.45, 7) is 4.74. The van der Waals surface area contributed by atoms with Crippen LogP contribution >= 0.6 is 0 Å². The minimum absolute atomic E-state index is 0.233. The number of carbonyl (C=O) groups excluding carboxylic acids is 3. The van der Waals surface area contributed by atoms with Gasteiger partial charge in [0.05, 0.1) is 25.3 Å². The first-order valence-corrected chi connectivity index (χ1v) is 9.28. The number of hydrogen-bond acceptors (Lipinski definition) is 6. The first kappa shape index (κ1) is 21.4. The Morgan fingerprint density at radius 2 is 1.93 bits per heavy atom. The van der Waals surface area contributed by atoms with Crippen molar-refractivity contribution in [3.05, 3.63) is 46.7 Å². The molecule has 28 heavy (non-hydrogen) atoms. The number of benzene rings is 1. The molecule has 1 atom stereocenters. The molecule has 3 N–H and O–H groups in total. The normalized spacial score (nSPS) is 16.2. The summed E-state index contributed by atoms with van der Waals surface area (Å²) >= 11 is 0. The lowest BCUT2D eigenvalue weighted by atomic mass is 9.94. The lowest BCUT2D eigenvalue weighted by Crippen LogP contribution is -2.48. The maximum absolute atomic E-state index is 12.6. The highest BCUT2D eigenvalue weighted by Crippen LogP contribution is 2.27. The summed E-state index contributed by atoms with van der Waals surface area (Å²) in [5.74, 6) is -0.755. The maximum Gasteiger partial charge on any atom is 0.338 e. The lowest BCUT2D eigenvalue weighted by molar-refractivity contribution is -0.141. The van der Waals surface area contributed by atoms with Crippen LogP contribution in [0.15, 0.2) is 35.5 Å². The second-order valence-corrected chi connectivity index (χ2v) is 6.41. The van der Waals surface area contributed by atoms with Gasteiger partial charge in [-0.2, -0.15) is 0 Å². The Morgan fingerprint density at radius 1 is 1.21 bits per heavy atom. The van der Waals surface area contributed by atoms with Gasteiger partial charge >= 0.3 is 18.0 Å². The molecule has 0 spiro atoms. The van der Waals surface area contributed by atoms with Gasteiger partial charge in [-0.15, -0.1) is 0 Å². The molecule has 0 radical (unpaired) electrons. The molecule has 1 heterocycles. The van der Waals surface area contributed by atoms with Gasteiger partial charge in [0, 0.05) is 18.7 Å². The number of esters is 2. The number of methoxy groups -OCH3 is 1. The highest BCUT2D eigenvalue weighted by Gasteiger charge is 2.33. The highest BCUT2D eigenvalue weighted by molar-refractivity contribution is 5.95. The molecule has 0 fully saturated rings. The molecule has 8 heteroatoms. The van der Waals surface area contributed by atoms with Crippen LogP contribution in [0.25, 0.3) is 0 Å². The molecule has 8 nitrogen and oxygen atoms in total. The van der Waals surface area contributed by atoms with Gasteiger partial charge in [0.25, 0.3) is 0 Å². The highest BCUT2D eigenvalue weighted by atomic mass is 16.5. The summed E-state index contributed by atoms with van der Waals surface area (Å²) in [6.07, 6.45) is 0.884. The van der Waals surface area contributed by atoms with E-state index in [9.17, 15) is 14.4 Å². The number of hydrogen-bond donors (Lipinski definition) is 3. The fourth-order valence-corrected chi connectivity index (χ4v) is 2.89. The molecule has 0 aromatic heterocycles. The predicted molar refractivity (Wildman–Crippen MR) is 103 cm³/mol. The van der Waals surface area contributed by atoms with Gasteiger partial charge < -0.3 is 25.4 Å². The van der Waals surface area contributed by atoms with Crippen molar-refractivity contribution in [2.75, 3.05) is 26.8 Å². The summed E-state index contributed by atoms with van der Waals surface area (Å²) < 4.78 is 9.82. The number of urea groups is 1. The number of ether oxygens (including phenoxy) is 2. The molecule has 1 aromatic carbocycles. The molecule has 2 rings (SSSR count). The van der Waals surface area contributed by atoms with E-state index in [1.165, 1.54) is 7.11 Å². The van der Waals surface area contributed by atoms with Gasteiger partial charge in [0.2, 0.25) is 0 Å². The van der Waals surface area contributed by atoms with Gasteiger partial charge in [-0.25, -0.2) is 9.59 Å². The summed E-state index contributed by atoms with van der Waals surface area (Å²) in [4.78, 5) is 36.0. The number of nitrogens with one attached hydrogen (secondary N) is 3. The van der Waals surface area contributed by atoms with Crippen LogP contribution in [0.2, 0.25) is 0 Å². The van der Waals surface area contributed by atoms with Gasteiger partial charge in [-0.1, -0.05) is 29.8 Å². The van der Waals surface area contributed by atoms with E-state index in [1.807, 2.05) is 31.2 Å². The summed E-state index contributed by atoms with van der Waals surface area (Å²) in [6, 6.07) is 6.64. The Balaban J connectivity index is 2.20. The molecular weight excluding hydrogens is 362 g/mol. The third-order valence-corrected chi connectivity index (χ3v) is 4.32. The predicted octanol–water partition coefficient (Wildman–Crippen LogP) is 1.71. The van der Waals surface area contributed by atoms with Gasteiger partial charge in [0.15, 0.2) is 0 Å². The minimum Gasteiger partial charge on any atom is -0.469 e. The van der Waals surface area contributed by atoms with Crippen LogP contribution in [-0.2, 0) is 19.1 Å². The maximum atomic E-state index is 12.6. The first-order valence-electron chi connectivity index (χ1n) is 9.28. The zero-order chi connectivity index (χ0) is 20.5. The molecule has 1 aromatic rings. The lowest BCUT2D eigenvalue weighted by Gasteiger charge is -2.29. The van der Waals surface area contributed by atoms with Crippen molar-refractivity contribution in [3.63, 3.8) is 0 Å². The fraction of sp³-hybridized carbons (Fsp3) is 0.450. The molecule has 1 aliphatic heterocycles. The molecule has 0 saturated carbocycles. The van der Waals surface area contributed by atoms with Crippen molar-refractivity contribution in [1.82, 2.24) is 16.0 Å². The molecule has 0 bridgehead atoms. The van der Waals surface area contributed by atoms with Crippen molar-refractivity contribution in [2.24, 2.45) is 0 Å². The van der Waals surface area contributed by atoms with E-state index in [0.717, 1.165) is 11.1 Å². The van der Waals surface area contributed by atoms with Crippen molar-refractivity contribution >= 4 is 18.0 Å². The molecule has 152 valence electrons. The Labute approximate surface area is 164 Å². The van der Waals surface area contributed by atoms with Crippen LogP contribution in [0.1, 0.15) is 36.9 Å². The van der Waals surface area contributed by atoms with Crippen molar-refractivity contribution in [1.29, 1.82) is 0 Å². The summed E-state index contributed by atoms with van der Waals surface area (Å²) in [5, 5.41) is 8.65. The van der Waals surface area contributed by atoms with Gasteiger partial charge in [-0.05, 0) is 32.4 Å². The standard InChI is InChI=1S/C20H27N3O5/c1-4-28-19(25)17-15(12-21-11-5-6-16(24)27-3)22-20(26)23-18(17)14-9-7-13(2)8-10-14/h7-10,18,21H,4-6,11-12H2,1-3H3,(H2,22,23,26)/t18-/m0/s1. The van der Waals surface area contributed by atoms with Gasteiger partial charge in [-0.3, -0.25) is 4.79 Å². The Kier molecular flexibility index (Phi) is 8.01. The number of rotatable bonds is 9. The first-order chi connectivity index (χ1) is 13.5. The van der Waals surface area contributed by atoms with Crippen LogP contribution in [0, 0.1) is 6.92 Å². The molecule has 1 aliphatic rings. The average Bonchev–Trinajstić information content (AvgIpc) is 2.67. The third kappa shape index (κ3) is 5.82. The topological polar surface area (TPSA) is 106 Å². The van der Waals surface area contributed by atoms with Crippen molar-refractivity contribution < 1.29 is 23.9 Å². The zero-order valence-corrected chi connectivity index (χ0v) is 16.5. The van der Waals surface area contributed by atoms with Crippen molar-refractivity contribution in [3.8, 4) is 0 Å². The Morgan fingerprint density at radius 3 is 2.57 bits per heavy atom. The zero-order valence-electron chi connectivity index (χ0n) is 16.5. The second kappa shape index (κ2) is 10.5. The Bertz CT molecular complexity index is 743. The minimum atomic E-state index is -0.597. The summed E-state index contributed by atoms with van der Waals surface area (Å²) in [5.41, 5.74) is 2.71. The quantitative estimate of drug-likeness (QED) is 0.439. The molecule has 2 amide bonds. The van der Waals surface area contributed by atoms with E-state index >= 15 is 0 Å². The fourth-order valence-electron chi connectivity index (χ4n) is 2.89.